The fourth-order valence-corrected chi connectivity index (χ4v) is 2.48. The van der Waals surface area contributed by atoms with Crippen LogP contribution in [0.5, 0.6) is 0 Å². The zero-order valence-electron chi connectivity index (χ0n) is 10.6. The molecule has 0 radical (unpaired) electrons. The molecular formula is C17H15N. The quantitative estimate of drug-likeness (QED) is 0.602. The second-order valence-electron chi connectivity index (χ2n) is 4.70. The molecule has 0 N–H and O–H groups in total. The van der Waals surface area contributed by atoms with Crippen molar-refractivity contribution in [3.63, 3.8) is 0 Å². The largest absolute Gasteiger partial charge is 0.256 e. The third-order valence-electron chi connectivity index (χ3n) is 3.26. The number of hydrogen-bond donors (Lipinski definition) is 0. The van der Waals surface area contributed by atoms with Crippen LogP contribution >= 0.6 is 0 Å². The number of aromatic nitrogens is 1. The minimum atomic E-state index is 1.10. The Balaban J connectivity index is 2.37. The molecule has 0 saturated carbocycles. The molecule has 1 heteroatoms. The van der Waals surface area contributed by atoms with Crippen molar-refractivity contribution in [2.45, 2.75) is 13.8 Å². The summed E-state index contributed by atoms with van der Waals surface area (Å²) in [4.78, 5) is 4.51. The highest BCUT2D eigenvalue weighted by molar-refractivity contribution is 5.96. The van der Waals surface area contributed by atoms with Crippen molar-refractivity contribution in [2.24, 2.45) is 0 Å². The first-order chi connectivity index (χ1) is 8.75. The van der Waals surface area contributed by atoms with Crippen LogP contribution in [0.3, 0.4) is 0 Å². The van der Waals surface area contributed by atoms with E-state index in [1.165, 1.54) is 27.6 Å². The van der Waals surface area contributed by atoms with Gasteiger partial charge in [-0.2, -0.15) is 0 Å². The fourth-order valence-electron chi connectivity index (χ4n) is 2.48. The molecule has 0 fully saturated rings. The maximum Gasteiger partial charge on any atom is 0.0737 e. The van der Waals surface area contributed by atoms with Crippen LogP contribution in [0.4, 0.5) is 0 Å². The number of benzene rings is 2. The minimum Gasteiger partial charge on any atom is -0.256 e. The topological polar surface area (TPSA) is 12.9 Å². The summed E-state index contributed by atoms with van der Waals surface area (Å²) in [6.07, 6.45) is 1.90. The molecule has 0 aliphatic heterocycles. The van der Waals surface area contributed by atoms with Crippen molar-refractivity contribution in [1.29, 1.82) is 0 Å². The van der Waals surface area contributed by atoms with E-state index in [2.05, 4.69) is 61.3 Å². The van der Waals surface area contributed by atoms with E-state index < -0.39 is 0 Å². The maximum absolute atomic E-state index is 4.51. The minimum absolute atomic E-state index is 1.10. The Kier molecular flexibility index (Phi) is 2.60. The summed E-state index contributed by atoms with van der Waals surface area (Å²) in [5.41, 5.74) is 6.12. The molecule has 0 bridgehead atoms. The van der Waals surface area contributed by atoms with Gasteiger partial charge in [-0.3, -0.25) is 4.98 Å². The molecule has 0 saturated heterocycles. The summed E-state index contributed by atoms with van der Waals surface area (Å²) in [6, 6.07) is 17.0. The molecule has 0 aliphatic carbocycles. The SMILES string of the molecule is Cc1cc(C)c2nccc(-c3ccccc3)c2c1. The first-order valence-corrected chi connectivity index (χ1v) is 6.17. The normalized spacial score (nSPS) is 10.8. The first-order valence-electron chi connectivity index (χ1n) is 6.17. The van der Waals surface area contributed by atoms with Crippen molar-refractivity contribution in [1.82, 2.24) is 4.98 Å². The van der Waals surface area contributed by atoms with E-state index in [9.17, 15) is 0 Å². The van der Waals surface area contributed by atoms with Crippen molar-refractivity contribution in [3.8, 4) is 11.1 Å². The average Bonchev–Trinajstić information content (AvgIpc) is 2.39. The van der Waals surface area contributed by atoms with Gasteiger partial charge in [-0.25, -0.2) is 0 Å². The van der Waals surface area contributed by atoms with Crippen LogP contribution in [0.1, 0.15) is 11.1 Å². The van der Waals surface area contributed by atoms with Crippen LogP contribution in [0.2, 0.25) is 0 Å². The Hall–Kier alpha value is -2.15. The monoisotopic (exact) mass is 233 g/mol. The molecule has 3 aromatic rings. The molecule has 18 heavy (non-hydrogen) atoms. The zero-order valence-corrected chi connectivity index (χ0v) is 10.6. The summed E-state index contributed by atoms with van der Waals surface area (Å²) in [7, 11) is 0. The lowest BCUT2D eigenvalue weighted by molar-refractivity contribution is 1.34. The van der Waals surface area contributed by atoms with Gasteiger partial charge < -0.3 is 0 Å². The second kappa shape index (κ2) is 4.26. The molecule has 3 rings (SSSR count). The molecule has 0 spiro atoms. The Morgan fingerprint density at radius 3 is 2.44 bits per heavy atom. The van der Waals surface area contributed by atoms with Gasteiger partial charge in [-0.1, -0.05) is 42.0 Å². The third kappa shape index (κ3) is 1.78. The van der Waals surface area contributed by atoms with Gasteiger partial charge in [0.15, 0.2) is 0 Å². The van der Waals surface area contributed by atoms with Crippen molar-refractivity contribution >= 4 is 10.9 Å². The van der Waals surface area contributed by atoms with Gasteiger partial charge in [0.25, 0.3) is 0 Å². The van der Waals surface area contributed by atoms with Gasteiger partial charge in [0.2, 0.25) is 0 Å². The van der Waals surface area contributed by atoms with E-state index >= 15 is 0 Å². The average molecular weight is 233 g/mol. The standard InChI is InChI=1S/C17H15N/c1-12-10-13(2)17-16(11-12)15(8-9-18-17)14-6-4-3-5-7-14/h3-11H,1-2H3. The summed E-state index contributed by atoms with van der Waals surface area (Å²) < 4.78 is 0. The van der Waals surface area contributed by atoms with Crippen LogP contribution in [0, 0.1) is 13.8 Å². The van der Waals surface area contributed by atoms with Gasteiger partial charge in [-0.05, 0) is 42.7 Å². The number of aryl methyl sites for hydroxylation is 2. The molecule has 88 valence electrons. The van der Waals surface area contributed by atoms with Crippen LogP contribution < -0.4 is 0 Å². The van der Waals surface area contributed by atoms with Gasteiger partial charge >= 0.3 is 0 Å². The molecule has 0 unspecified atom stereocenters. The lowest BCUT2D eigenvalue weighted by Crippen LogP contribution is -1.88. The number of hydrogen-bond acceptors (Lipinski definition) is 1. The molecule has 0 aliphatic rings. The van der Waals surface area contributed by atoms with E-state index in [-0.39, 0.29) is 0 Å². The lowest BCUT2D eigenvalue weighted by atomic mass is 9.98. The Morgan fingerprint density at radius 1 is 0.889 bits per heavy atom. The molecule has 1 aromatic heterocycles. The number of pyridine rings is 1. The van der Waals surface area contributed by atoms with E-state index in [1.54, 1.807) is 0 Å². The third-order valence-corrected chi connectivity index (χ3v) is 3.26. The van der Waals surface area contributed by atoms with Crippen molar-refractivity contribution in [3.05, 3.63) is 65.9 Å². The predicted molar refractivity (Wildman–Crippen MR) is 76.7 cm³/mol. The summed E-state index contributed by atoms with van der Waals surface area (Å²) >= 11 is 0. The second-order valence-corrected chi connectivity index (χ2v) is 4.70. The Labute approximate surface area is 107 Å². The van der Waals surface area contributed by atoms with Crippen LogP contribution in [0.25, 0.3) is 22.0 Å². The molecule has 1 heterocycles. The summed E-state index contributed by atoms with van der Waals surface area (Å²) in [6.45, 7) is 4.26. The predicted octanol–water partition coefficient (Wildman–Crippen LogP) is 4.52. The van der Waals surface area contributed by atoms with E-state index in [1.807, 2.05) is 12.3 Å². The lowest BCUT2D eigenvalue weighted by Gasteiger charge is -2.09. The molecule has 1 nitrogen and oxygen atoms in total. The van der Waals surface area contributed by atoms with Crippen molar-refractivity contribution in [2.75, 3.05) is 0 Å². The van der Waals surface area contributed by atoms with E-state index in [0.717, 1.165) is 5.52 Å². The number of fused-ring (bicyclic) bond motifs is 1. The summed E-state index contributed by atoms with van der Waals surface area (Å²) in [5.74, 6) is 0. The van der Waals surface area contributed by atoms with Crippen LogP contribution in [-0.2, 0) is 0 Å². The summed E-state index contributed by atoms with van der Waals surface area (Å²) in [5, 5.41) is 1.24. The van der Waals surface area contributed by atoms with E-state index in [0.29, 0.717) is 0 Å². The molecule has 2 aromatic carbocycles. The first kappa shape index (κ1) is 11.0. The Morgan fingerprint density at radius 2 is 1.67 bits per heavy atom. The number of nitrogens with zero attached hydrogens (tertiary/aromatic N) is 1. The van der Waals surface area contributed by atoms with E-state index in [4.69, 9.17) is 0 Å². The smallest absolute Gasteiger partial charge is 0.0737 e. The number of rotatable bonds is 1. The maximum atomic E-state index is 4.51. The van der Waals surface area contributed by atoms with Crippen LogP contribution in [0.15, 0.2) is 54.7 Å². The molecule has 0 atom stereocenters. The highest BCUT2D eigenvalue weighted by Gasteiger charge is 2.06. The van der Waals surface area contributed by atoms with Gasteiger partial charge in [0.05, 0.1) is 5.52 Å². The van der Waals surface area contributed by atoms with Gasteiger partial charge in [0.1, 0.15) is 0 Å². The fraction of sp³-hybridized carbons (Fsp3) is 0.118. The molecular weight excluding hydrogens is 218 g/mol. The van der Waals surface area contributed by atoms with Crippen LogP contribution in [-0.4, -0.2) is 4.98 Å². The molecule has 0 amide bonds. The van der Waals surface area contributed by atoms with Gasteiger partial charge in [-0.15, -0.1) is 0 Å². The highest BCUT2D eigenvalue weighted by atomic mass is 14.7. The van der Waals surface area contributed by atoms with Gasteiger partial charge in [0, 0.05) is 11.6 Å². The zero-order chi connectivity index (χ0) is 12.5. The highest BCUT2D eigenvalue weighted by Crippen LogP contribution is 2.29. The Bertz CT molecular complexity index is 699. The van der Waals surface area contributed by atoms with Crippen molar-refractivity contribution < 1.29 is 0 Å².